The number of aliphatic hydroxyl groups excluding tert-OH is 1. The van der Waals surface area contributed by atoms with Gasteiger partial charge < -0.3 is 14.7 Å². The molecule has 1 fully saturated rings. The van der Waals surface area contributed by atoms with Crippen LogP contribution >= 0.6 is 0 Å². The quantitative estimate of drug-likeness (QED) is 0.794. The number of hydrogen-bond donors (Lipinski definition) is 1. The van der Waals surface area contributed by atoms with Crippen molar-refractivity contribution < 1.29 is 32.2 Å². The molecule has 146 valence electrons. The van der Waals surface area contributed by atoms with Crippen molar-refractivity contribution in [1.82, 2.24) is 9.88 Å². The molecule has 1 aliphatic rings. The van der Waals surface area contributed by atoms with Gasteiger partial charge in [0.15, 0.2) is 0 Å². The summed E-state index contributed by atoms with van der Waals surface area (Å²) in [5.74, 6) is 0. The summed E-state index contributed by atoms with van der Waals surface area (Å²) in [4.78, 5) is 16.6. The van der Waals surface area contributed by atoms with Crippen LogP contribution in [0.1, 0.15) is 51.0 Å². The number of ether oxygens (including phenoxy) is 1. The van der Waals surface area contributed by atoms with E-state index in [9.17, 15) is 23.1 Å². The van der Waals surface area contributed by atoms with Crippen LogP contribution < -0.4 is 0 Å². The third-order valence-electron chi connectivity index (χ3n) is 4.13. The summed E-state index contributed by atoms with van der Waals surface area (Å²) in [6.45, 7) is 5.23. The maximum atomic E-state index is 15.1. The van der Waals surface area contributed by atoms with Crippen LogP contribution in [0.2, 0.25) is 0 Å². The molecule has 2 heterocycles. The molecular formula is C17H22F4N2O3. The van der Waals surface area contributed by atoms with E-state index in [-0.39, 0.29) is 31.5 Å². The number of halogens is 4. The summed E-state index contributed by atoms with van der Waals surface area (Å²) in [7, 11) is 0. The molecule has 0 aromatic carbocycles. The van der Waals surface area contributed by atoms with Gasteiger partial charge in [-0.2, -0.15) is 13.2 Å². The molecule has 0 spiro atoms. The molecule has 9 heteroatoms. The highest BCUT2D eigenvalue weighted by Gasteiger charge is 2.44. The van der Waals surface area contributed by atoms with Gasteiger partial charge in [0.1, 0.15) is 23.1 Å². The van der Waals surface area contributed by atoms with E-state index in [1.54, 1.807) is 20.8 Å². The van der Waals surface area contributed by atoms with Gasteiger partial charge in [0.05, 0.1) is 0 Å². The van der Waals surface area contributed by atoms with Crippen LogP contribution in [0.25, 0.3) is 0 Å². The number of aromatic nitrogens is 1. The Labute approximate surface area is 149 Å². The number of amides is 1. The molecule has 1 amide bonds. The Kier molecular flexibility index (Phi) is 5.51. The number of rotatable bonds is 2. The second kappa shape index (κ2) is 7.02. The zero-order chi connectivity index (χ0) is 19.8. The summed E-state index contributed by atoms with van der Waals surface area (Å²) in [6.07, 6.45) is -6.28. The zero-order valence-corrected chi connectivity index (χ0v) is 14.8. The minimum Gasteiger partial charge on any atom is -0.444 e. The maximum absolute atomic E-state index is 15.1. The van der Waals surface area contributed by atoms with Crippen molar-refractivity contribution in [3.8, 4) is 0 Å². The first-order valence-corrected chi connectivity index (χ1v) is 8.20. The van der Waals surface area contributed by atoms with E-state index in [1.165, 1.54) is 4.90 Å². The van der Waals surface area contributed by atoms with Crippen LogP contribution in [0, 0.1) is 0 Å². The molecule has 1 aromatic rings. The number of nitrogens with zero attached hydrogens (tertiary/aromatic N) is 2. The number of alkyl halides is 4. The first kappa shape index (κ1) is 20.4. The number of carbonyl (C=O) groups excluding carboxylic acids is 1. The lowest BCUT2D eigenvalue weighted by atomic mass is 9.85. The van der Waals surface area contributed by atoms with E-state index in [2.05, 4.69) is 4.98 Å². The van der Waals surface area contributed by atoms with Crippen LogP contribution in [0.3, 0.4) is 0 Å². The minimum atomic E-state index is -4.60. The lowest BCUT2D eigenvalue weighted by molar-refractivity contribution is -0.141. The van der Waals surface area contributed by atoms with Gasteiger partial charge in [0, 0.05) is 37.7 Å². The topological polar surface area (TPSA) is 62.7 Å². The Bertz CT molecular complexity index is 633. The fourth-order valence-electron chi connectivity index (χ4n) is 2.69. The summed E-state index contributed by atoms with van der Waals surface area (Å²) in [6, 6.07) is 1.72. The van der Waals surface area contributed by atoms with Crippen molar-refractivity contribution in [2.24, 2.45) is 0 Å². The number of likely N-dealkylation sites (tertiary alicyclic amines) is 1. The highest BCUT2D eigenvalue weighted by molar-refractivity contribution is 5.68. The Morgan fingerprint density at radius 2 is 1.85 bits per heavy atom. The van der Waals surface area contributed by atoms with E-state index in [0.717, 1.165) is 12.3 Å². The summed E-state index contributed by atoms with van der Waals surface area (Å²) in [5, 5.41) is 10.3. The molecule has 2 rings (SSSR count). The van der Waals surface area contributed by atoms with Crippen molar-refractivity contribution in [3.63, 3.8) is 0 Å². The molecule has 1 aliphatic heterocycles. The number of pyridine rings is 1. The molecule has 0 bridgehead atoms. The van der Waals surface area contributed by atoms with Crippen molar-refractivity contribution in [2.75, 3.05) is 13.1 Å². The SMILES string of the molecule is CC(C)(C)OC(=O)N1CCC(F)(C(O)c2ccc(C(F)(F)F)nc2)CC1. The molecule has 1 unspecified atom stereocenters. The average Bonchev–Trinajstić information content (AvgIpc) is 2.52. The molecule has 1 saturated heterocycles. The fraction of sp³-hybridized carbons (Fsp3) is 0.647. The normalized spacial score (nSPS) is 19.2. The largest absolute Gasteiger partial charge is 0.444 e. The molecular weight excluding hydrogens is 356 g/mol. The van der Waals surface area contributed by atoms with Crippen LogP contribution in [0.15, 0.2) is 18.3 Å². The van der Waals surface area contributed by atoms with Gasteiger partial charge in [-0.3, -0.25) is 4.98 Å². The van der Waals surface area contributed by atoms with Crippen molar-refractivity contribution >= 4 is 6.09 Å². The summed E-state index contributed by atoms with van der Waals surface area (Å²) in [5.41, 5.74) is -3.88. The van der Waals surface area contributed by atoms with Crippen LogP contribution in [0.4, 0.5) is 22.4 Å². The van der Waals surface area contributed by atoms with E-state index in [4.69, 9.17) is 4.74 Å². The average molecular weight is 378 g/mol. The standard InChI is InChI=1S/C17H22F4N2O3/c1-15(2,3)26-14(25)23-8-6-16(18,7-9-23)13(24)11-4-5-12(22-10-11)17(19,20)21/h4-5,10,13,24H,6-9H2,1-3H3. The molecule has 5 nitrogen and oxygen atoms in total. The third-order valence-corrected chi connectivity index (χ3v) is 4.13. The van der Waals surface area contributed by atoms with Gasteiger partial charge >= 0.3 is 12.3 Å². The Hall–Kier alpha value is -1.90. The summed E-state index contributed by atoms with van der Waals surface area (Å²) >= 11 is 0. The number of piperidine rings is 1. The van der Waals surface area contributed by atoms with Gasteiger partial charge in [-0.05, 0) is 26.8 Å². The minimum absolute atomic E-state index is 0.0359. The monoisotopic (exact) mass is 378 g/mol. The Morgan fingerprint density at radius 3 is 2.27 bits per heavy atom. The number of carbonyl (C=O) groups is 1. The van der Waals surface area contributed by atoms with E-state index in [0.29, 0.717) is 6.07 Å². The van der Waals surface area contributed by atoms with Gasteiger partial charge in [-0.25, -0.2) is 9.18 Å². The zero-order valence-electron chi connectivity index (χ0n) is 14.8. The van der Waals surface area contributed by atoms with E-state index in [1.807, 2.05) is 0 Å². The Morgan fingerprint density at radius 1 is 1.27 bits per heavy atom. The van der Waals surface area contributed by atoms with Crippen LogP contribution in [0.5, 0.6) is 0 Å². The van der Waals surface area contributed by atoms with Crippen LogP contribution in [-0.2, 0) is 10.9 Å². The smallest absolute Gasteiger partial charge is 0.433 e. The molecule has 0 aliphatic carbocycles. The van der Waals surface area contributed by atoms with Crippen LogP contribution in [-0.4, -0.2) is 45.4 Å². The van der Waals surface area contributed by atoms with Gasteiger partial charge in [-0.15, -0.1) is 0 Å². The molecule has 0 radical (unpaired) electrons. The number of aliphatic hydroxyl groups is 1. The van der Waals surface area contributed by atoms with Gasteiger partial charge in [-0.1, -0.05) is 6.07 Å². The fourth-order valence-corrected chi connectivity index (χ4v) is 2.69. The second-order valence-electron chi connectivity index (χ2n) is 7.38. The highest BCUT2D eigenvalue weighted by atomic mass is 19.4. The van der Waals surface area contributed by atoms with E-state index < -0.39 is 35.3 Å². The lowest BCUT2D eigenvalue weighted by Crippen LogP contribution is -2.48. The molecule has 1 N–H and O–H groups in total. The van der Waals surface area contributed by atoms with Crippen molar-refractivity contribution in [2.45, 2.75) is 57.2 Å². The first-order chi connectivity index (χ1) is 11.8. The summed E-state index contributed by atoms with van der Waals surface area (Å²) < 4.78 is 57.9. The molecule has 1 atom stereocenters. The van der Waals surface area contributed by atoms with Gasteiger partial charge in [0.25, 0.3) is 0 Å². The second-order valence-corrected chi connectivity index (χ2v) is 7.38. The third kappa shape index (κ3) is 4.84. The molecule has 1 aromatic heterocycles. The molecule has 0 saturated carbocycles. The van der Waals surface area contributed by atoms with Crippen molar-refractivity contribution in [3.05, 3.63) is 29.6 Å². The van der Waals surface area contributed by atoms with Crippen molar-refractivity contribution in [1.29, 1.82) is 0 Å². The number of hydrogen-bond acceptors (Lipinski definition) is 4. The maximum Gasteiger partial charge on any atom is 0.433 e. The predicted octanol–water partition coefficient (Wildman–Crippen LogP) is 3.87. The van der Waals surface area contributed by atoms with Gasteiger partial charge in [0.2, 0.25) is 0 Å². The predicted molar refractivity (Wildman–Crippen MR) is 85.1 cm³/mol. The first-order valence-electron chi connectivity index (χ1n) is 8.20. The van der Waals surface area contributed by atoms with E-state index >= 15 is 4.39 Å². The Balaban J connectivity index is 2.02. The molecule has 26 heavy (non-hydrogen) atoms. The highest BCUT2D eigenvalue weighted by Crippen LogP contribution is 2.39. The lowest BCUT2D eigenvalue weighted by Gasteiger charge is -2.39.